The van der Waals surface area contributed by atoms with Gasteiger partial charge in [-0.2, -0.15) is 0 Å². The highest BCUT2D eigenvalue weighted by Gasteiger charge is 2.29. The number of pyridine rings is 1. The van der Waals surface area contributed by atoms with Gasteiger partial charge in [0.05, 0.1) is 16.8 Å². The molecule has 8 heteroatoms. The maximum Gasteiger partial charge on any atom is 0.339 e. The number of carbonyl (C=O) groups is 2. The fraction of sp³-hybridized carbons (Fsp3) is 0.310. The van der Waals surface area contributed by atoms with Crippen molar-refractivity contribution < 1.29 is 14.3 Å². The lowest BCUT2D eigenvalue weighted by atomic mass is 9.95. The zero-order valence-electron chi connectivity index (χ0n) is 21.4. The number of benzene rings is 2. The number of aromatic nitrogens is 2. The monoisotopic (exact) mass is 514 g/mol. The van der Waals surface area contributed by atoms with Gasteiger partial charge in [0.15, 0.2) is 11.2 Å². The van der Waals surface area contributed by atoms with Crippen molar-refractivity contribution >= 4 is 39.2 Å². The lowest BCUT2D eigenvalue weighted by Gasteiger charge is -2.32. The standard InChI is InChI=1S/C29H30N4O3S/c1-17(2)33-14-13-24-22(15-33)26(21-7-5-6-8-23(21)30-24)28(35)36-19(4)27(34)32-29-31-25(16-37-29)20-11-9-18(3)10-12-20/h5-12,16-17,19H,13-15H2,1-4H3,(H,31,32,34). The molecule has 2 aromatic carbocycles. The van der Waals surface area contributed by atoms with Gasteiger partial charge in [-0.25, -0.2) is 9.78 Å². The van der Waals surface area contributed by atoms with Crippen LogP contribution in [0.1, 0.15) is 48.0 Å². The van der Waals surface area contributed by atoms with E-state index >= 15 is 0 Å². The first-order valence-electron chi connectivity index (χ1n) is 12.5. The Bertz CT molecular complexity index is 1460. The molecular weight excluding hydrogens is 484 g/mol. The molecule has 1 amide bonds. The van der Waals surface area contributed by atoms with Gasteiger partial charge in [-0.15, -0.1) is 11.3 Å². The molecule has 190 valence electrons. The third-order valence-corrected chi connectivity index (χ3v) is 7.50. The highest BCUT2D eigenvalue weighted by molar-refractivity contribution is 7.14. The van der Waals surface area contributed by atoms with E-state index in [1.54, 1.807) is 6.92 Å². The number of nitrogens with one attached hydrogen (secondary N) is 1. The van der Waals surface area contributed by atoms with Crippen LogP contribution in [0, 0.1) is 6.92 Å². The van der Waals surface area contributed by atoms with Crippen molar-refractivity contribution in [2.75, 3.05) is 11.9 Å². The van der Waals surface area contributed by atoms with Crippen molar-refractivity contribution in [1.82, 2.24) is 14.9 Å². The minimum atomic E-state index is -0.994. The molecule has 0 aliphatic carbocycles. The Morgan fingerprint density at radius 2 is 1.81 bits per heavy atom. The van der Waals surface area contributed by atoms with Gasteiger partial charge >= 0.3 is 5.97 Å². The summed E-state index contributed by atoms with van der Waals surface area (Å²) in [6, 6.07) is 16.0. The largest absolute Gasteiger partial charge is 0.449 e. The van der Waals surface area contributed by atoms with Gasteiger partial charge in [0.2, 0.25) is 0 Å². The molecule has 1 atom stereocenters. The third kappa shape index (κ3) is 5.26. The number of amides is 1. The summed E-state index contributed by atoms with van der Waals surface area (Å²) in [6.45, 7) is 9.42. The van der Waals surface area contributed by atoms with Crippen molar-refractivity contribution in [1.29, 1.82) is 0 Å². The average Bonchev–Trinajstić information content (AvgIpc) is 3.35. The number of anilines is 1. The number of fused-ring (bicyclic) bond motifs is 2. The maximum atomic E-state index is 13.5. The molecule has 1 N–H and O–H groups in total. The molecule has 0 spiro atoms. The molecule has 0 fully saturated rings. The van der Waals surface area contributed by atoms with Gasteiger partial charge in [0.1, 0.15) is 0 Å². The van der Waals surface area contributed by atoms with E-state index in [2.05, 4.69) is 29.0 Å². The summed E-state index contributed by atoms with van der Waals surface area (Å²) < 4.78 is 5.72. The SMILES string of the molecule is Cc1ccc(-c2csc(NC(=O)C(C)OC(=O)c3c4c(nc5ccccc35)CCN(C(C)C)C4)n2)cc1. The Morgan fingerprint density at radius 1 is 1.05 bits per heavy atom. The second-order valence-electron chi connectivity index (χ2n) is 9.68. The predicted octanol–water partition coefficient (Wildman–Crippen LogP) is 5.62. The second kappa shape index (κ2) is 10.4. The quantitative estimate of drug-likeness (QED) is 0.336. The predicted molar refractivity (Wildman–Crippen MR) is 147 cm³/mol. The first-order valence-corrected chi connectivity index (χ1v) is 13.4. The van der Waals surface area contributed by atoms with Gasteiger partial charge in [-0.05, 0) is 33.8 Å². The lowest BCUT2D eigenvalue weighted by molar-refractivity contribution is -0.123. The van der Waals surface area contributed by atoms with Crippen molar-refractivity contribution in [3.05, 3.63) is 76.3 Å². The molecule has 0 saturated heterocycles. The molecule has 0 bridgehead atoms. The van der Waals surface area contributed by atoms with Crippen LogP contribution in [0.3, 0.4) is 0 Å². The zero-order chi connectivity index (χ0) is 26.1. The number of esters is 1. The molecule has 5 rings (SSSR count). The fourth-order valence-electron chi connectivity index (χ4n) is 4.55. The third-order valence-electron chi connectivity index (χ3n) is 6.75. The number of thiazole rings is 1. The molecule has 0 radical (unpaired) electrons. The van der Waals surface area contributed by atoms with Crippen LogP contribution in [-0.2, 0) is 22.5 Å². The van der Waals surface area contributed by atoms with Gasteiger partial charge in [-0.1, -0.05) is 48.0 Å². The Labute approximate surface area is 220 Å². The summed E-state index contributed by atoms with van der Waals surface area (Å²) in [4.78, 5) is 38.1. The summed E-state index contributed by atoms with van der Waals surface area (Å²) in [5, 5.41) is 5.89. The van der Waals surface area contributed by atoms with E-state index in [1.165, 1.54) is 16.9 Å². The topological polar surface area (TPSA) is 84.4 Å². The van der Waals surface area contributed by atoms with Gasteiger partial charge < -0.3 is 4.74 Å². The van der Waals surface area contributed by atoms with Crippen LogP contribution in [0.2, 0.25) is 0 Å². The molecule has 2 aromatic heterocycles. The van der Waals surface area contributed by atoms with Gasteiger partial charge in [-0.3, -0.25) is 20.0 Å². The smallest absolute Gasteiger partial charge is 0.339 e. The van der Waals surface area contributed by atoms with Crippen molar-refractivity contribution in [2.45, 2.75) is 52.8 Å². The van der Waals surface area contributed by atoms with Crippen molar-refractivity contribution in [3.8, 4) is 11.3 Å². The molecule has 1 aliphatic rings. The molecule has 4 aromatic rings. The molecule has 37 heavy (non-hydrogen) atoms. The summed E-state index contributed by atoms with van der Waals surface area (Å²) in [6.07, 6.45) is -0.228. The Morgan fingerprint density at radius 3 is 2.57 bits per heavy atom. The highest BCUT2D eigenvalue weighted by Crippen LogP contribution is 2.30. The van der Waals surface area contributed by atoms with E-state index in [0.717, 1.165) is 46.4 Å². The van der Waals surface area contributed by atoms with E-state index in [0.29, 0.717) is 23.3 Å². The first kappa shape index (κ1) is 25.0. The van der Waals surface area contributed by atoms with E-state index < -0.39 is 18.0 Å². The van der Waals surface area contributed by atoms with Gasteiger partial charge in [0.25, 0.3) is 5.91 Å². The van der Waals surface area contributed by atoms with Crippen LogP contribution < -0.4 is 5.32 Å². The highest BCUT2D eigenvalue weighted by atomic mass is 32.1. The van der Waals surface area contributed by atoms with E-state index in [4.69, 9.17) is 9.72 Å². The van der Waals surface area contributed by atoms with Crippen LogP contribution in [0.5, 0.6) is 0 Å². The number of hydrogen-bond acceptors (Lipinski definition) is 7. The fourth-order valence-corrected chi connectivity index (χ4v) is 5.28. The average molecular weight is 515 g/mol. The first-order chi connectivity index (χ1) is 17.8. The van der Waals surface area contributed by atoms with Crippen LogP contribution in [0.15, 0.2) is 53.9 Å². The van der Waals surface area contributed by atoms with E-state index in [9.17, 15) is 9.59 Å². The Balaban J connectivity index is 1.35. The summed E-state index contributed by atoms with van der Waals surface area (Å²) in [5.74, 6) is -0.934. The maximum absolute atomic E-state index is 13.5. The molecule has 7 nitrogen and oxygen atoms in total. The lowest BCUT2D eigenvalue weighted by Crippen LogP contribution is -2.37. The molecular formula is C29H30N4O3S. The van der Waals surface area contributed by atoms with E-state index in [1.807, 2.05) is 60.8 Å². The summed E-state index contributed by atoms with van der Waals surface area (Å²) in [7, 11) is 0. The van der Waals surface area contributed by atoms with Crippen LogP contribution in [0.4, 0.5) is 5.13 Å². The van der Waals surface area contributed by atoms with Gasteiger partial charge in [0, 0.05) is 53.1 Å². The Kier molecular flexibility index (Phi) is 7.04. The second-order valence-corrected chi connectivity index (χ2v) is 10.5. The number of ether oxygens (including phenoxy) is 1. The molecule has 3 heterocycles. The minimum Gasteiger partial charge on any atom is -0.449 e. The van der Waals surface area contributed by atoms with Crippen LogP contribution in [0.25, 0.3) is 22.2 Å². The number of aryl methyl sites for hydroxylation is 1. The minimum absolute atomic E-state index is 0.344. The van der Waals surface area contributed by atoms with Crippen molar-refractivity contribution in [2.24, 2.45) is 0 Å². The zero-order valence-corrected chi connectivity index (χ0v) is 22.3. The van der Waals surface area contributed by atoms with E-state index in [-0.39, 0.29) is 0 Å². The normalized spacial score (nSPS) is 14.4. The molecule has 1 unspecified atom stereocenters. The summed E-state index contributed by atoms with van der Waals surface area (Å²) >= 11 is 1.34. The number of para-hydroxylation sites is 1. The van der Waals surface area contributed by atoms with Crippen molar-refractivity contribution in [3.63, 3.8) is 0 Å². The number of carbonyl (C=O) groups excluding carboxylic acids is 2. The number of hydrogen-bond donors (Lipinski definition) is 1. The number of nitrogens with zero attached hydrogens (tertiary/aromatic N) is 3. The molecule has 0 saturated carbocycles. The van der Waals surface area contributed by atoms with Crippen LogP contribution >= 0.6 is 11.3 Å². The van der Waals surface area contributed by atoms with Crippen LogP contribution in [-0.4, -0.2) is 45.4 Å². The number of rotatable bonds is 6. The molecule has 1 aliphatic heterocycles. The Hall–Kier alpha value is -3.62. The summed E-state index contributed by atoms with van der Waals surface area (Å²) in [5.41, 5.74) is 6.01.